The van der Waals surface area contributed by atoms with Crippen molar-refractivity contribution in [3.8, 4) is 28.7 Å². The maximum absolute atomic E-state index is 13.0. The minimum Gasteiger partial charge on any atom is -0.493 e. The topological polar surface area (TPSA) is 93.2 Å². The molecule has 0 atom stereocenters. The number of alkyl halides is 3. The first-order valence-electron chi connectivity index (χ1n) is 10.9. The Balaban J connectivity index is 0.00000222. The van der Waals surface area contributed by atoms with E-state index in [-0.39, 0.29) is 24.2 Å². The first-order valence-corrected chi connectivity index (χ1v) is 12.3. The number of ether oxygens (including phenoxy) is 4. The second-order valence-electron chi connectivity index (χ2n) is 6.91. The van der Waals surface area contributed by atoms with Crippen molar-refractivity contribution in [1.82, 2.24) is 4.98 Å². The van der Waals surface area contributed by atoms with Gasteiger partial charge in [-0.05, 0) is 48.1 Å². The van der Waals surface area contributed by atoms with Crippen LogP contribution >= 0.6 is 0 Å². The second kappa shape index (κ2) is 12.0. The van der Waals surface area contributed by atoms with Crippen LogP contribution in [0.5, 0.6) is 28.7 Å². The van der Waals surface area contributed by atoms with E-state index in [1.54, 1.807) is 25.1 Å². The molecule has 0 unspecified atom stereocenters. The molecular formula is C24H28F3NO7S. The minimum absolute atomic E-state index is 0.0451. The number of nitrogens with zero attached hydrogens (tertiary/aromatic N) is 1. The van der Waals surface area contributed by atoms with E-state index < -0.39 is 21.4 Å². The van der Waals surface area contributed by atoms with Gasteiger partial charge < -0.3 is 23.1 Å². The van der Waals surface area contributed by atoms with Gasteiger partial charge in [-0.3, -0.25) is 4.98 Å². The Morgan fingerprint density at radius 3 is 1.97 bits per heavy atom. The molecule has 3 aromatic rings. The summed E-state index contributed by atoms with van der Waals surface area (Å²) in [4.78, 5) is 4.08. The number of methoxy groups -OCH3 is 3. The highest BCUT2D eigenvalue weighted by atomic mass is 32.2. The highest BCUT2D eigenvalue weighted by molar-refractivity contribution is 7.88. The van der Waals surface area contributed by atoms with Crippen LogP contribution in [0.3, 0.4) is 0 Å². The third kappa shape index (κ3) is 6.04. The SMILES string of the molecule is CC.CCOc1ccc2c(Cc3cc(OC)c(OC)c(OC)c3)cncc2c1OS(=O)(=O)C(F)(F)F. The van der Waals surface area contributed by atoms with Crippen molar-refractivity contribution in [2.45, 2.75) is 32.7 Å². The highest BCUT2D eigenvalue weighted by Gasteiger charge is 2.49. The molecule has 198 valence electrons. The van der Waals surface area contributed by atoms with Gasteiger partial charge in [-0.15, -0.1) is 0 Å². The third-order valence-corrected chi connectivity index (χ3v) is 5.79. The van der Waals surface area contributed by atoms with Crippen molar-refractivity contribution in [3.05, 3.63) is 47.8 Å². The van der Waals surface area contributed by atoms with E-state index in [1.807, 2.05) is 13.8 Å². The van der Waals surface area contributed by atoms with Crippen molar-refractivity contribution in [2.24, 2.45) is 0 Å². The van der Waals surface area contributed by atoms with Gasteiger partial charge in [0.2, 0.25) is 5.75 Å². The largest absolute Gasteiger partial charge is 0.534 e. The molecule has 0 N–H and O–H groups in total. The second-order valence-corrected chi connectivity index (χ2v) is 8.45. The molecule has 0 aliphatic heterocycles. The Morgan fingerprint density at radius 1 is 0.861 bits per heavy atom. The predicted molar refractivity (Wildman–Crippen MR) is 129 cm³/mol. The van der Waals surface area contributed by atoms with Crippen molar-refractivity contribution in [3.63, 3.8) is 0 Å². The summed E-state index contributed by atoms with van der Waals surface area (Å²) in [5.74, 6) is 0.498. The van der Waals surface area contributed by atoms with Gasteiger partial charge in [0, 0.05) is 17.8 Å². The fraction of sp³-hybridized carbons (Fsp3) is 0.375. The number of rotatable bonds is 9. The summed E-state index contributed by atoms with van der Waals surface area (Å²) in [6.45, 7) is 5.68. The maximum atomic E-state index is 13.0. The quantitative estimate of drug-likeness (QED) is 0.264. The van der Waals surface area contributed by atoms with Gasteiger partial charge in [-0.2, -0.15) is 21.6 Å². The molecule has 1 aromatic heterocycles. The molecule has 0 saturated carbocycles. The van der Waals surface area contributed by atoms with Gasteiger partial charge >= 0.3 is 15.6 Å². The van der Waals surface area contributed by atoms with Crippen LogP contribution in [0.15, 0.2) is 36.7 Å². The van der Waals surface area contributed by atoms with Gasteiger partial charge in [0.05, 0.1) is 27.9 Å². The Labute approximate surface area is 208 Å². The average molecular weight is 532 g/mol. The van der Waals surface area contributed by atoms with Crippen molar-refractivity contribution in [1.29, 1.82) is 0 Å². The molecule has 0 spiro atoms. The van der Waals surface area contributed by atoms with E-state index in [2.05, 4.69) is 9.17 Å². The molecule has 2 aromatic carbocycles. The summed E-state index contributed by atoms with van der Waals surface area (Å²) in [6, 6.07) is 6.40. The molecule has 36 heavy (non-hydrogen) atoms. The lowest BCUT2D eigenvalue weighted by Gasteiger charge is -2.17. The van der Waals surface area contributed by atoms with E-state index in [0.717, 1.165) is 5.56 Å². The number of benzene rings is 2. The fourth-order valence-electron chi connectivity index (χ4n) is 3.37. The van der Waals surface area contributed by atoms with Gasteiger partial charge in [0.25, 0.3) is 0 Å². The molecule has 0 bridgehead atoms. The van der Waals surface area contributed by atoms with E-state index in [1.165, 1.54) is 39.8 Å². The Bertz CT molecular complexity index is 1270. The molecule has 1 heterocycles. The lowest BCUT2D eigenvalue weighted by molar-refractivity contribution is -0.0500. The number of halogens is 3. The zero-order valence-corrected chi connectivity index (χ0v) is 21.5. The highest BCUT2D eigenvalue weighted by Crippen LogP contribution is 2.42. The summed E-state index contributed by atoms with van der Waals surface area (Å²) in [6.07, 6.45) is 3.01. The zero-order chi connectivity index (χ0) is 27.1. The molecular weight excluding hydrogens is 503 g/mol. The van der Waals surface area contributed by atoms with Crippen LogP contribution < -0.4 is 23.1 Å². The molecule has 8 nitrogen and oxygen atoms in total. The van der Waals surface area contributed by atoms with Crippen LogP contribution in [0.1, 0.15) is 31.9 Å². The summed E-state index contributed by atoms with van der Waals surface area (Å²) >= 11 is 0. The summed E-state index contributed by atoms with van der Waals surface area (Å²) in [7, 11) is -1.52. The fourth-order valence-corrected chi connectivity index (χ4v) is 3.86. The van der Waals surface area contributed by atoms with Gasteiger partial charge in [-0.25, -0.2) is 0 Å². The lowest BCUT2D eigenvalue weighted by Crippen LogP contribution is -2.28. The normalized spacial score (nSPS) is 11.4. The standard InChI is InChI=1S/C22H22F3NO7S.C2H6/c1-5-32-17-7-6-15-14(8-13-9-18(29-2)21(31-4)19(10-13)30-3)11-26-12-16(15)20(17)33-34(27,28)22(23,24)25;1-2/h6-7,9-12H,5,8H2,1-4H3;1-2H3. The van der Waals surface area contributed by atoms with Crippen molar-refractivity contribution < 1.29 is 44.7 Å². The van der Waals surface area contributed by atoms with E-state index >= 15 is 0 Å². The van der Waals surface area contributed by atoms with Crippen LogP contribution in [0, 0.1) is 0 Å². The lowest BCUT2D eigenvalue weighted by atomic mass is 9.99. The van der Waals surface area contributed by atoms with E-state index in [0.29, 0.717) is 28.2 Å². The molecule has 0 amide bonds. The third-order valence-electron chi connectivity index (χ3n) is 4.84. The molecule has 0 aliphatic rings. The first kappa shape index (κ1) is 28.8. The van der Waals surface area contributed by atoms with E-state index in [4.69, 9.17) is 18.9 Å². The van der Waals surface area contributed by atoms with Crippen LogP contribution in [0.2, 0.25) is 0 Å². The summed E-state index contributed by atoms with van der Waals surface area (Å²) < 4.78 is 88.3. The van der Waals surface area contributed by atoms with Crippen LogP contribution in [-0.2, 0) is 16.5 Å². The van der Waals surface area contributed by atoms with Crippen LogP contribution in [-0.4, -0.2) is 46.8 Å². The van der Waals surface area contributed by atoms with Crippen LogP contribution in [0.25, 0.3) is 10.8 Å². The Kier molecular flexibility index (Phi) is 9.62. The minimum atomic E-state index is -5.94. The van der Waals surface area contributed by atoms with Gasteiger partial charge in [0.1, 0.15) is 0 Å². The molecule has 0 radical (unpaired) electrons. The Hall–Kier alpha value is -3.41. The maximum Gasteiger partial charge on any atom is 0.534 e. The molecule has 0 fully saturated rings. The number of aromatic nitrogens is 1. The zero-order valence-electron chi connectivity index (χ0n) is 20.7. The average Bonchev–Trinajstić information content (AvgIpc) is 2.85. The predicted octanol–water partition coefficient (Wildman–Crippen LogP) is 5.50. The summed E-state index contributed by atoms with van der Waals surface area (Å²) in [5, 5.41) is 0.475. The first-order chi connectivity index (χ1) is 17.1. The monoisotopic (exact) mass is 531 g/mol. The van der Waals surface area contributed by atoms with Crippen molar-refractivity contribution >= 4 is 20.9 Å². The van der Waals surface area contributed by atoms with Crippen LogP contribution in [0.4, 0.5) is 13.2 Å². The molecule has 0 aliphatic carbocycles. The van der Waals surface area contributed by atoms with E-state index in [9.17, 15) is 21.6 Å². The van der Waals surface area contributed by atoms with Gasteiger partial charge in [-0.1, -0.05) is 19.9 Å². The smallest absolute Gasteiger partial charge is 0.493 e. The number of hydrogen-bond acceptors (Lipinski definition) is 8. The molecule has 3 rings (SSSR count). The molecule has 0 saturated heterocycles. The number of pyridine rings is 1. The number of fused-ring (bicyclic) bond motifs is 1. The van der Waals surface area contributed by atoms with Gasteiger partial charge in [0.15, 0.2) is 23.0 Å². The Morgan fingerprint density at radius 2 is 1.47 bits per heavy atom. The number of hydrogen-bond donors (Lipinski definition) is 0. The summed E-state index contributed by atoms with van der Waals surface area (Å²) in [5.41, 5.74) is -4.30. The van der Waals surface area contributed by atoms with Crippen molar-refractivity contribution in [2.75, 3.05) is 27.9 Å². The molecule has 12 heteroatoms.